The maximum Gasteiger partial charge on any atom is 0.160 e. The molecule has 0 aliphatic heterocycles. The topological polar surface area (TPSA) is 17.1 Å². The summed E-state index contributed by atoms with van der Waals surface area (Å²) in [5.41, 5.74) is 5.03. The first-order valence-corrected chi connectivity index (χ1v) is 7.33. The van der Waals surface area contributed by atoms with Crippen LogP contribution in [0.3, 0.4) is 0 Å². The van der Waals surface area contributed by atoms with E-state index in [1.54, 1.807) is 6.92 Å². The van der Waals surface area contributed by atoms with Gasteiger partial charge in [-0.25, -0.2) is 0 Å². The van der Waals surface area contributed by atoms with Gasteiger partial charge < -0.3 is 0 Å². The van der Waals surface area contributed by atoms with Gasteiger partial charge in [-0.15, -0.1) is 0 Å². The van der Waals surface area contributed by atoms with Gasteiger partial charge in [0, 0.05) is 5.56 Å². The molecule has 1 aromatic rings. The third kappa shape index (κ3) is 2.04. The van der Waals surface area contributed by atoms with Crippen LogP contribution in [0.15, 0.2) is 12.1 Å². The first kappa shape index (κ1) is 14.3. The summed E-state index contributed by atoms with van der Waals surface area (Å²) in [6, 6.07) is 4.42. The molecule has 1 nitrogen and oxygen atoms in total. The molecule has 0 fully saturated rings. The molecular formula is C18H26O. The van der Waals surface area contributed by atoms with Crippen LogP contribution in [0.4, 0.5) is 0 Å². The normalized spacial score (nSPS) is 24.6. The fourth-order valence-electron chi connectivity index (χ4n) is 3.84. The third-order valence-electron chi connectivity index (χ3n) is 5.22. The quantitative estimate of drug-likeness (QED) is 0.692. The van der Waals surface area contributed by atoms with Crippen molar-refractivity contribution in [3.63, 3.8) is 0 Å². The van der Waals surface area contributed by atoms with Crippen LogP contribution < -0.4 is 0 Å². The Morgan fingerprint density at radius 3 is 2.32 bits per heavy atom. The molecule has 0 heterocycles. The molecule has 104 valence electrons. The van der Waals surface area contributed by atoms with E-state index in [2.05, 4.69) is 53.7 Å². The van der Waals surface area contributed by atoms with Crippen LogP contribution in [-0.2, 0) is 5.41 Å². The van der Waals surface area contributed by atoms with Crippen molar-refractivity contribution < 1.29 is 4.79 Å². The molecule has 0 aromatic heterocycles. The summed E-state index contributed by atoms with van der Waals surface area (Å²) in [7, 11) is 0. The van der Waals surface area contributed by atoms with E-state index < -0.39 is 0 Å². The average molecular weight is 258 g/mol. The number of aryl methyl sites for hydroxylation is 1. The van der Waals surface area contributed by atoms with Gasteiger partial charge in [0.05, 0.1) is 0 Å². The van der Waals surface area contributed by atoms with Crippen molar-refractivity contribution in [1.82, 2.24) is 0 Å². The molecule has 2 atom stereocenters. The van der Waals surface area contributed by atoms with Crippen LogP contribution in [0.25, 0.3) is 0 Å². The molecule has 0 saturated heterocycles. The van der Waals surface area contributed by atoms with Gasteiger partial charge >= 0.3 is 0 Å². The number of fused-ring (bicyclic) bond motifs is 1. The molecule has 0 bridgehead atoms. The number of Topliss-reactive ketones (excluding diaryl/α,β-unsaturated/α-hetero) is 1. The van der Waals surface area contributed by atoms with E-state index in [-0.39, 0.29) is 11.2 Å². The van der Waals surface area contributed by atoms with Gasteiger partial charge in [0.15, 0.2) is 5.78 Å². The maximum atomic E-state index is 11.8. The van der Waals surface area contributed by atoms with Crippen LogP contribution in [-0.4, -0.2) is 5.78 Å². The predicted octanol–water partition coefficient (Wildman–Crippen LogP) is 4.86. The molecule has 0 saturated carbocycles. The largest absolute Gasteiger partial charge is 0.295 e. The lowest BCUT2D eigenvalue weighted by atomic mass is 9.74. The SMILES string of the molecule is CC(=O)c1cc2c(cc1C)C(C(C)C)C(C)C2(C)C. The van der Waals surface area contributed by atoms with E-state index in [0.29, 0.717) is 17.8 Å². The minimum atomic E-state index is 0.155. The van der Waals surface area contributed by atoms with E-state index in [0.717, 1.165) is 11.1 Å². The van der Waals surface area contributed by atoms with Crippen LogP contribution in [0, 0.1) is 18.8 Å². The van der Waals surface area contributed by atoms with Crippen molar-refractivity contribution >= 4 is 5.78 Å². The molecule has 0 amide bonds. The van der Waals surface area contributed by atoms with Crippen LogP contribution in [0.1, 0.15) is 74.5 Å². The minimum Gasteiger partial charge on any atom is -0.295 e. The van der Waals surface area contributed by atoms with Crippen LogP contribution >= 0.6 is 0 Å². The molecule has 0 N–H and O–H groups in total. The molecule has 2 unspecified atom stereocenters. The fraction of sp³-hybridized carbons (Fsp3) is 0.611. The summed E-state index contributed by atoms with van der Waals surface area (Å²) in [6.45, 7) is 15.3. The number of carbonyl (C=O) groups excluding carboxylic acids is 1. The summed E-state index contributed by atoms with van der Waals surface area (Å²) in [5, 5.41) is 0. The molecule has 1 aliphatic rings. The second-order valence-corrected chi connectivity index (χ2v) is 7.09. The summed E-state index contributed by atoms with van der Waals surface area (Å²) in [4.78, 5) is 11.8. The maximum absolute atomic E-state index is 11.8. The highest BCUT2D eigenvalue weighted by atomic mass is 16.1. The van der Waals surface area contributed by atoms with Crippen molar-refractivity contribution in [2.75, 3.05) is 0 Å². The molecule has 2 rings (SSSR count). The number of carbonyl (C=O) groups is 1. The van der Waals surface area contributed by atoms with E-state index in [1.165, 1.54) is 11.1 Å². The zero-order chi connectivity index (χ0) is 14.5. The van der Waals surface area contributed by atoms with Crippen LogP contribution in [0.2, 0.25) is 0 Å². The van der Waals surface area contributed by atoms with E-state index in [1.807, 2.05) is 0 Å². The molecule has 0 radical (unpaired) electrons. The molecule has 19 heavy (non-hydrogen) atoms. The molecule has 1 aliphatic carbocycles. The van der Waals surface area contributed by atoms with Gasteiger partial charge in [-0.05, 0) is 59.8 Å². The van der Waals surface area contributed by atoms with Gasteiger partial charge in [-0.1, -0.05) is 40.7 Å². The number of rotatable bonds is 2. The number of benzene rings is 1. The van der Waals surface area contributed by atoms with Gasteiger partial charge in [0.2, 0.25) is 0 Å². The summed E-state index contributed by atoms with van der Waals surface area (Å²) in [5.74, 6) is 2.03. The Kier molecular flexibility index (Phi) is 3.36. The summed E-state index contributed by atoms with van der Waals surface area (Å²) >= 11 is 0. The smallest absolute Gasteiger partial charge is 0.160 e. The highest BCUT2D eigenvalue weighted by Crippen LogP contribution is 2.53. The van der Waals surface area contributed by atoms with Crippen molar-refractivity contribution in [3.8, 4) is 0 Å². The Hall–Kier alpha value is -1.11. The average Bonchev–Trinajstić information content (AvgIpc) is 2.45. The van der Waals surface area contributed by atoms with Gasteiger partial charge in [0.25, 0.3) is 0 Å². The van der Waals surface area contributed by atoms with Gasteiger partial charge in [0.1, 0.15) is 0 Å². The zero-order valence-electron chi connectivity index (χ0n) is 13.3. The Bertz CT molecular complexity index is 523. The standard InChI is InChI=1S/C18H26O/c1-10(2)17-12(4)18(6,7)16-9-14(13(5)19)11(3)8-15(16)17/h8-10,12,17H,1-7H3. The highest BCUT2D eigenvalue weighted by Gasteiger charge is 2.44. The lowest BCUT2D eigenvalue weighted by molar-refractivity contribution is 0.101. The van der Waals surface area contributed by atoms with E-state index in [4.69, 9.17) is 0 Å². The van der Waals surface area contributed by atoms with Crippen molar-refractivity contribution in [2.45, 2.75) is 59.8 Å². The fourth-order valence-corrected chi connectivity index (χ4v) is 3.84. The number of hydrogen-bond acceptors (Lipinski definition) is 1. The van der Waals surface area contributed by atoms with Crippen LogP contribution in [0.5, 0.6) is 0 Å². The minimum absolute atomic E-state index is 0.155. The zero-order valence-corrected chi connectivity index (χ0v) is 13.3. The second-order valence-electron chi connectivity index (χ2n) is 7.09. The predicted molar refractivity (Wildman–Crippen MR) is 81.0 cm³/mol. The van der Waals surface area contributed by atoms with Gasteiger partial charge in [-0.3, -0.25) is 4.79 Å². The Morgan fingerprint density at radius 2 is 1.84 bits per heavy atom. The second kappa shape index (κ2) is 4.47. The highest BCUT2D eigenvalue weighted by molar-refractivity contribution is 5.96. The summed E-state index contributed by atoms with van der Waals surface area (Å²) < 4.78 is 0. The number of ketones is 1. The molecule has 1 aromatic carbocycles. The Labute approximate surface area is 117 Å². The molecule has 1 heteroatoms. The lowest BCUT2D eigenvalue weighted by Crippen LogP contribution is -2.25. The summed E-state index contributed by atoms with van der Waals surface area (Å²) in [6.07, 6.45) is 0. The first-order valence-electron chi connectivity index (χ1n) is 7.33. The number of hydrogen-bond donors (Lipinski definition) is 0. The Morgan fingerprint density at radius 1 is 1.26 bits per heavy atom. The molecular weight excluding hydrogens is 232 g/mol. The lowest BCUT2D eigenvalue weighted by Gasteiger charge is -2.30. The van der Waals surface area contributed by atoms with E-state index >= 15 is 0 Å². The monoisotopic (exact) mass is 258 g/mol. The third-order valence-corrected chi connectivity index (χ3v) is 5.22. The Balaban J connectivity index is 2.69. The molecule has 0 spiro atoms. The van der Waals surface area contributed by atoms with Gasteiger partial charge in [-0.2, -0.15) is 0 Å². The van der Waals surface area contributed by atoms with Crippen molar-refractivity contribution in [2.24, 2.45) is 11.8 Å². The first-order chi connectivity index (χ1) is 8.67. The van der Waals surface area contributed by atoms with Crippen molar-refractivity contribution in [1.29, 1.82) is 0 Å². The van der Waals surface area contributed by atoms with E-state index in [9.17, 15) is 4.79 Å². The van der Waals surface area contributed by atoms with Crippen molar-refractivity contribution in [3.05, 3.63) is 34.4 Å².